The fraction of sp³-hybridized carbons (Fsp3) is 0.400. The summed E-state index contributed by atoms with van der Waals surface area (Å²) >= 11 is 0. The average molecular weight is 421 g/mol. The lowest BCUT2D eigenvalue weighted by atomic mass is 10.1. The summed E-state index contributed by atoms with van der Waals surface area (Å²) in [7, 11) is -0.00462. The van der Waals surface area contributed by atoms with Gasteiger partial charge in [-0.25, -0.2) is 13.1 Å². The number of hydrogen-bond acceptors (Lipinski definition) is 6. The molecule has 2 rings (SSSR count). The van der Waals surface area contributed by atoms with E-state index < -0.39 is 20.5 Å². The largest absolute Gasteiger partial charge is 0.378 e. The first-order valence-electron chi connectivity index (χ1n) is 9.18. The molecule has 1 atom stereocenters. The van der Waals surface area contributed by atoms with Crippen LogP contribution in [0.1, 0.15) is 32.4 Å². The predicted octanol–water partition coefficient (Wildman–Crippen LogP) is 3.39. The van der Waals surface area contributed by atoms with Gasteiger partial charge in [0, 0.05) is 18.2 Å². The van der Waals surface area contributed by atoms with E-state index in [2.05, 4.69) is 10.0 Å². The second kappa shape index (κ2) is 8.89. The Kier molecular flexibility index (Phi) is 6.99. The molecule has 0 aliphatic carbocycles. The van der Waals surface area contributed by atoms with Crippen LogP contribution in [0, 0.1) is 10.1 Å². The molecular formula is C20H28N4O4S. The van der Waals surface area contributed by atoms with Gasteiger partial charge in [-0.1, -0.05) is 30.3 Å². The molecule has 2 aromatic rings. The zero-order valence-corrected chi connectivity index (χ0v) is 18.2. The lowest BCUT2D eigenvalue weighted by molar-refractivity contribution is -0.384. The second-order valence-electron chi connectivity index (χ2n) is 8.06. The summed E-state index contributed by atoms with van der Waals surface area (Å²) in [6.07, 6.45) is 0. The van der Waals surface area contributed by atoms with Crippen molar-refractivity contribution in [3.05, 3.63) is 64.2 Å². The number of rotatable bonds is 8. The molecule has 0 bridgehead atoms. The van der Waals surface area contributed by atoms with Crippen LogP contribution in [0.3, 0.4) is 0 Å². The summed E-state index contributed by atoms with van der Waals surface area (Å²) in [6.45, 7) is 5.55. The zero-order valence-electron chi connectivity index (χ0n) is 17.3. The highest BCUT2D eigenvalue weighted by Gasteiger charge is 2.26. The van der Waals surface area contributed by atoms with Gasteiger partial charge in [0.05, 0.1) is 15.9 Å². The smallest absolute Gasteiger partial charge is 0.293 e. The van der Waals surface area contributed by atoms with Crippen LogP contribution in [0.4, 0.5) is 11.4 Å². The predicted molar refractivity (Wildman–Crippen MR) is 115 cm³/mol. The molecule has 0 aromatic heterocycles. The Bertz CT molecular complexity index is 954. The molecule has 0 spiro atoms. The van der Waals surface area contributed by atoms with Crippen molar-refractivity contribution in [3.8, 4) is 0 Å². The maximum absolute atomic E-state index is 12.5. The number of anilines is 1. The van der Waals surface area contributed by atoms with Gasteiger partial charge in [-0.3, -0.25) is 10.1 Å². The van der Waals surface area contributed by atoms with Crippen molar-refractivity contribution in [2.45, 2.75) is 37.2 Å². The monoisotopic (exact) mass is 420 g/mol. The van der Waals surface area contributed by atoms with E-state index in [1.165, 1.54) is 12.1 Å². The Morgan fingerprint density at radius 3 is 2.24 bits per heavy atom. The van der Waals surface area contributed by atoms with Crippen LogP contribution in [0.15, 0.2) is 53.4 Å². The first kappa shape index (κ1) is 22.8. The van der Waals surface area contributed by atoms with Crippen molar-refractivity contribution in [3.63, 3.8) is 0 Å². The Balaban J connectivity index is 2.30. The first-order chi connectivity index (χ1) is 13.4. The van der Waals surface area contributed by atoms with Crippen molar-refractivity contribution < 1.29 is 13.3 Å². The molecule has 0 aliphatic rings. The fourth-order valence-corrected chi connectivity index (χ4v) is 4.36. The highest BCUT2D eigenvalue weighted by Crippen LogP contribution is 2.29. The molecule has 0 heterocycles. The normalized spacial score (nSPS) is 13.3. The standard InChI is InChI=1S/C20H28N4O4S/c1-20(2,3)22-29(27,28)16-11-12-17(18(13-16)24(25)26)21-14-19(23(4)5)15-9-7-6-8-10-15/h6-13,19,21-22H,14H2,1-5H3. The molecule has 8 nitrogen and oxygen atoms in total. The minimum atomic E-state index is -3.87. The first-order valence-corrected chi connectivity index (χ1v) is 10.7. The Hall–Kier alpha value is -2.49. The number of likely N-dealkylation sites (N-methyl/N-ethyl adjacent to an activating group) is 1. The van der Waals surface area contributed by atoms with E-state index in [1.54, 1.807) is 20.8 Å². The molecule has 0 fully saturated rings. The lowest BCUT2D eigenvalue weighted by Crippen LogP contribution is -2.40. The van der Waals surface area contributed by atoms with E-state index in [0.717, 1.165) is 11.6 Å². The highest BCUT2D eigenvalue weighted by atomic mass is 32.2. The van der Waals surface area contributed by atoms with Gasteiger partial charge >= 0.3 is 0 Å². The Morgan fingerprint density at radius 1 is 1.10 bits per heavy atom. The van der Waals surface area contributed by atoms with E-state index in [1.807, 2.05) is 49.3 Å². The zero-order chi connectivity index (χ0) is 21.8. The van der Waals surface area contributed by atoms with Crippen LogP contribution in [0.5, 0.6) is 0 Å². The molecule has 9 heteroatoms. The minimum absolute atomic E-state index is 0.0122. The molecule has 0 radical (unpaired) electrons. The summed E-state index contributed by atoms with van der Waals surface area (Å²) in [4.78, 5) is 12.9. The quantitative estimate of drug-likeness (QED) is 0.501. The van der Waals surface area contributed by atoms with Crippen LogP contribution < -0.4 is 10.0 Å². The molecule has 2 aromatic carbocycles. The topological polar surface area (TPSA) is 105 Å². The Labute approximate surface area is 172 Å². The summed E-state index contributed by atoms with van der Waals surface area (Å²) in [5.74, 6) is 0. The van der Waals surface area contributed by atoms with Crippen molar-refractivity contribution in [2.75, 3.05) is 26.0 Å². The maximum atomic E-state index is 12.5. The third kappa shape index (κ3) is 6.25. The summed E-state index contributed by atoms with van der Waals surface area (Å²) in [5.41, 5.74) is 0.361. The number of nitrogens with zero attached hydrogens (tertiary/aromatic N) is 2. The van der Waals surface area contributed by atoms with Crippen molar-refractivity contribution in [1.82, 2.24) is 9.62 Å². The van der Waals surface area contributed by atoms with Gasteiger partial charge in [-0.15, -0.1) is 0 Å². The summed E-state index contributed by atoms with van der Waals surface area (Å²) < 4.78 is 27.5. The number of nitrogens with one attached hydrogen (secondary N) is 2. The van der Waals surface area contributed by atoms with Crippen LogP contribution in [0.25, 0.3) is 0 Å². The highest BCUT2D eigenvalue weighted by molar-refractivity contribution is 7.89. The molecule has 29 heavy (non-hydrogen) atoms. The molecule has 0 saturated heterocycles. The number of hydrogen-bond donors (Lipinski definition) is 2. The van der Waals surface area contributed by atoms with Gasteiger partial charge in [0.25, 0.3) is 5.69 Å². The molecule has 2 N–H and O–H groups in total. The molecule has 0 saturated carbocycles. The van der Waals surface area contributed by atoms with Gasteiger partial charge in [-0.2, -0.15) is 0 Å². The summed E-state index contributed by atoms with van der Waals surface area (Å²) in [6, 6.07) is 13.7. The number of nitro benzene ring substituents is 1. The van der Waals surface area contributed by atoms with E-state index in [-0.39, 0.29) is 22.3 Å². The Morgan fingerprint density at radius 2 is 1.72 bits per heavy atom. The minimum Gasteiger partial charge on any atom is -0.378 e. The van der Waals surface area contributed by atoms with Crippen molar-refractivity contribution >= 4 is 21.4 Å². The van der Waals surface area contributed by atoms with Gasteiger partial charge in [0.1, 0.15) is 5.69 Å². The number of sulfonamides is 1. The van der Waals surface area contributed by atoms with E-state index in [4.69, 9.17) is 0 Å². The molecular weight excluding hydrogens is 392 g/mol. The molecule has 158 valence electrons. The third-order valence-corrected chi connectivity index (χ3v) is 5.97. The third-order valence-electron chi connectivity index (χ3n) is 4.21. The van der Waals surface area contributed by atoms with Gasteiger partial charge in [0.15, 0.2) is 0 Å². The molecule has 0 amide bonds. The van der Waals surface area contributed by atoms with Crippen LogP contribution in [-0.2, 0) is 10.0 Å². The van der Waals surface area contributed by atoms with E-state index in [0.29, 0.717) is 6.54 Å². The van der Waals surface area contributed by atoms with Crippen molar-refractivity contribution in [2.24, 2.45) is 0 Å². The fourth-order valence-electron chi connectivity index (χ4n) is 2.92. The SMILES string of the molecule is CN(C)C(CNc1ccc(S(=O)(=O)NC(C)(C)C)cc1[N+](=O)[O-])c1ccccc1. The summed E-state index contributed by atoms with van der Waals surface area (Å²) in [5, 5.41) is 14.7. The van der Waals surface area contributed by atoms with Gasteiger partial charge in [-0.05, 0) is 52.6 Å². The van der Waals surface area contributed by atoms with Gasteiger partial charge < -0.3 is 10.2 Å². The van der Waals surface area contributed by atoms with E-state index >= 15 is 0 Å². The lowest BCUT2D eigenvalue weighted by Gasteiger charge is -2.25. The number of benzene rings is 2. The van der Waals surface area contributed by atoms with Crippen LogP contribution >= 0.6 is 0 Å². The maximum Gasteiger partial charge on any atom is 0.293 e. The number of nitro groups is 1. The molecule has 1 unspecified atom stereocenters. The van der Waals surface area contributed by atoms with Crippen molar-refractivity contribution in [1.29, 1.82) is 0 Å². The van der Waals surface area contributed by atoms with Crippen LogP contribution in [-0.4, -0.2) is 44.4 Å². The molecule has 0 aliphatic heterocycles. The van der Waals surface area contributed by atoms with E-state index in [9.17, 15) is 18.5 Å². The van der Waals surface area contributed by atoms with Crippen LogP contribution in [0.2, 0.25) is 0 Å². The van der Waals surface area contributed by atoms with Gasteiger partial charge in [0.2, 0.25) is 10.0 Å². The average Bonchev–Trinajstić information content (AvgIpc) is 2.60. The second-order valence-corrected chi connectivity index (χ2v) is 9.74.